The highest BCUT2D eigenvalue weighted by atomic mass is 32.1. The predicted octanol–water partition coefficient (Wildman–Crippen LogP) is 3.62. The van der Waals surface area contributed by atoms with Crippen molar-refractivity contribution in [2.75, 3.05) is 27.4 Å². The largest absolute Gasteiger partial charge is 0.465 e. The van der Waals surface area contributed by atoms with Crippen molar-refractivity contribution in [3.63, 3.8) is 0 Å². The fraction of sp³-hybridized carbons (Fsp3) is 0.353. The van der Waals surface area contributed by atoms with Crippen LogP contribution in [0.5, 0.6) is 0 Å². The smallest absolute Gasteiger partial charge is 0.349 e. The standard InChI is InChI=1S/C17H16O8S3/c1-5-24-14(19)9-10-8(17(26)28-12(9)16(21)25-6-2)7(13(18)22-3)11(27-10)15(20)23-4/h5-6H2,1-4H3. The first kappa shape index (κ1) is 21.9. The van der Waals surface area contributed by atoms with E-state index in [4.69, 9.17) is 31.2 Å². The van der Waals surface area contributed by atoms with Crippen LogP contribution in [0.4, 0.5) is 0 Å². The lowest BCUT2D eigenvalue weighted by Gasteiger charge is -2.09. The van der Waals surface area contributed by atoms with Crippen LogP contribution in [0, 0.1) is 3.82 Å². The molecule has 11 heteroatoms. The van der Waals surface area contributed by atoms with Crippen molar-refractivity contribution < 1.29 is 38.1 Å². The lowest BCUT2D eigenvalue weighted by molar-refractivity contribution is 0.0485. The Morgan fingerprint density at radius 2 is 1.32 bits per heavy atom. The Balaban J connectivity index is 3.01. The zero-order valence-electron chi connectivity index (χ0n) is 15.4. The van der Waals surface area contributed by atoms with E-state index in [0.717, 1.165) is 36.9 Å². The predicted molar refractivity (Wildman–Crippen MR) is 105 cm³/mol. The van der Waals surface area contributed by atoms with Gasteiger partial charge < -0.3 is 18.9 Å². The fourth-order valence-corrected chi connectivity index (χ4v) is 5.18. The Bertz CT molecular complexity index is 1020. The molecular weight excluding hydrogens is 428 g/mol. The summed E-state index contributed by atoms with van der Waals surface area (Å²) in [6.07, 6.45) is 0. The number of esters is 4. The van der Waals surface area contributed by atoms with Gasteiger partial charge in [0.05, 0.1) is 37.7 Å². The number of carbonyl (C=O) groups excluding carboxylic acids is 4. The summed E-state index contributed by atoms with van der Waals surface area (Å²) in [6.45, 7) is 3.37. The number of thiophene rings is 1. The summed E-state index contributed by atoms with van der Waals surface area (Å²) in [4.78, 5) is 49.4. The molecule has 0 radical (unpaired) electrons. The normalized spacial score (nSPS) is 10.4. The number of ether oxygens (including phenoxy) is 4. The molecule has 2 aromatic rings. The maximum Gasteiger partial charge on any atom is 0.349 e. The molecule has 150 valence electrons. The number of carbonyl (C=O) groups is 4. The van der Waals surface area contributed by atoms with Gasteiger partial charge in [-0.3, -0.25) is 0 Å². The summed E-state index contributed by atoms with van der Waals surface area (Å²) in [5, 5.41) is 0.161. The number of hydrogen-bond donors (Lipinski definition) is 0. The van der Waals surface area contributed by atoms with Crippen molar-refractivity contribution in [1.82, 2.24) is 0 Å². The molecule has 0 aliphatic rings. The van der Waals surface area contributed by atoms with Gasteiger partial charge >= 0.3 is 23.9 Å². The molecule has 0 fully saturated rings. The molecule has 0 saturated carbocycles. The van der Waals surface area contributed by atoms with E-state index >= 15 is 0 Å². The minimum absolute atomic E-state index is 0.0575. The summed E-state index contributed by atoms with van der Waals surface area (Å²) in [6, 6.07) is 0. The van der Waals surface area contributed by atoms with Crippen molar-refractivity contribution in [1.29, 1.82) is 0 Å². The number of rotatable bonds is 6. The van der Waals surface area contributed by atoms with E-state index in [-0.39, 0.29) is 48.0 Å². The lowest BCUT2D eigenvalue weighted by atomic mass is 10.1. The van der Waals surface area contributed by atoms with E-state index < -0.39 is 23.9 Å². The Labute approximate surface area is 173 Å². The van der Waals surface area contributed by atoms with Crippen LogP contribution < -0.4 is 0 Å². The molecule has 2 aromatic heterocycles. The van der Waals surface area contributed by atoms with Crippen molar-refractivity contribution in [3.05, 3.63) is 24.7 Å². The Kier molecular flexibility index (Phi) is 7.22. The van der Waals surface area contributed by atoms with Gasteiger partial charge in [0.2, 0.25) is 0 Å². The first-order chi connectivity index (χ1) is 13.3. The van der Waals surface area contributed by atoms with Crippen LogP contribution >= 0.6 is 34.9 Å². The maximum atomic E-state index is 12.6. The quantitative estimate of drug-likeness (QED) is 0.375. The zero-order chi connectivity index (χ0) is 21.0. The van der Waals surface area contributed by atoms with Crippen LogP contribution in [0.15, 0.2) is 0 Å². The summed E-state index contributed by atoms with van der Waals surface area (Å²) in [5.41, 5.74) is -0.226. The second-order valence-electron chi connectivity index (χ2n) is 5.03. The van der Waals surface area contributed by atoms with Gasteiger partial charge in [-0.15, -0.1) is 22.7 Å². The third-order valence-corrected chi connectivity index (χ3v) is 6.07. The first-order valence-corrected chi connectivity index (χ1v) is 10.0. The molecule has 0 saturated heterocycles. The Hall–Kier alpha value is -2.37. The van der Waals surface area contributed by atoms with Crippen molar-refractivity contribution >= 4 is 68.9 Å². The van der Waals surface area contributed by atoms with E-state index in [0.29, 0.717) is 0 Å². The van der Waals surface area contributed by atoms with E-state index in [1.807, 2.05) is 0 Å². The van der Waals surface area contributed by atoms with Crippen LogP contribution in [0.2, 0.25) is 0 Å². The van der Waals surface area contributed by atoms with Gasteiger partial charge in [0, 0.05) is 5.39 Å². The maximum absolute atomic E-state index is 12.6. The van der Waals surface area contributed by atoms with Gasteiger partial charge in [-0.2, -0.15) is 0 Å². The van der Waals surface area contributed by atoms with Gasteiger partial charge in [-0.1, -0.05) is 12.2 Å². The molecule has 0 N–H and O–H groups in total. The minimum atomic E-state index is -0.816. The molecule has 28 heavy (non-hydrogen) atoms. The molecule has 2 heterocycles. The molecule has 0 amide bonds. The second-order valence-corrected chi connectivity index (χ2v) is 7.74. The first-order valence-electron chi connectivity index (χ1n) is 7.96. The lowest BCUT2D eigenvalue weighted by Crippen LogP contribution is -2.13. The second kappa shape index (κ2) is 9.22. The molecule has 0 spiro atoms. The SMILES string of the molecule is CCOC(=O)c1sc(=S)c2c(C(=O)OC)c(C(=O)OC)sc2c1C(=O)OCC. The van der Waals surface area contributed by atoms with Gasteiger partial charge in [0.25, 0.3) is 0 Å². The Morgan fingerprint density at radius 1 is 0.786 bits per heavy atom. The zero-order valence-corrected chi connectivity index (χ0v) is 17.9. The summed E-state index contributed by atoms with van der Waals surface area (Å²) < 4.78 is 19.9. The molecule has 8 nitrogen and oxygen atoms in total. The van der Waals surface area contributed by atoms with Crippen molar-refractivity contribution in [2.45, 2.75) is 13.8 Å². The molecule has 0 aromatic carbocycles. The molecular formula is C17H16O8S3. The molecule has 2 rings (SSSR count). The van der Waals surface area contributed by atoms with Crippen molar-refractivity contribution in [2.24, 2.45) is 0 Å². The van der Waals surface area contributed by atoms with Crippen LogP contribution in [0.1, 0.15) is 53.9 Å². The topological polar surface area (TPSA) is 105 Å². The van der Waals surface area contributed by atoms with Gasteiger partial charge in [0.1, 0.15) is 19.1 Å². The van der Waals surface area contributed by atoms with Crippen molar-refractivity contribution in [3.8, 4) is 0 Å². The summed E-state index contributed by atoms with van der Waals surface area (Å²) in [7, 11) is 2.31. The van der Waals surface area contributed by atoms with Gasteiger partial charge in [0.15, 0.2) is 0 Å². The Morgan fingerprint density at radius 3 is 1.86 bits per heavy atom. The number of fused-ring (bicyclic) bond motifs is 1. The molecule has 0 atom stereocenters. The third-order valence-electron chi connectivity index (χ3n) is 3.46. The average Bonchev–Trinajstić information content (AvgIpc) is 3.07. The van der Waals surface area contributed by atoms with E-state index in [9.17, 15) is 19.2 Å². The number of methoxy groups -OCH3 is 2. The van der Waals surface area contributed by atoms with Crippen LogP contribution in [0.25, 0.3) is 10.1 Å². The van der Waals surface area contributed by atoms with E-state index in [2.05, 4.69) is 0 Å². The average molecular weight is 445 g/mol. The minimum Gasteiger partial charge on any atom is -0.465 e. The summed E-state index contributed by atoms with van der Waals surface area (Å²) >= 11 is 6.95. The van der Waals surface area contributed by atoms with Gasteiger partial charge in [-0.25, -0.2) is 19.2 Å². The van der Waals surface area contributed by atoms with E-state index in [1.165, 1.54) is 0 Å². The molecule has 0 unspecified atom stereocenters. The molecule has 0 bridgehead atoms. The fourth-order valence-electron chi connectivity index (χ4n) is 2.36. The molecule has 0 aliphatic carbocycles. The number of hydrogen-bond acceptors (Lipinski definition) is 11. The molecule has 0 aliphatic heterocycles. The van der Waals surface area contributed by atoms with Crippen LogP contribution in [-0.2, 0) is 18.9 Å². The highest BCUT2D eigenvalue weighted by molar-refractivity contribution is 7.74. The van der Waals surface area contributed by atoms with Gasteiger partial charge in [-0.05, 0) is 13.8 Å². The highest BCUT2D eigenvalue weighted by Crippen LogP contribution is 2.39. The third kappa shape index (κ3) is 3.91. The highest BCUT2D eigenvalue weighted by Gasteiger charge is 2.32. The monoisotopic (exact) mass is 444 g/mol. The van der Waals surface area contributed by atoms with E-state index in [1.54, 1.807) is 13.8 Å². The van der Waals surface area contributed by atoms with Crippen LogP contribution in [-0.4, -0.2) is 51.3 Å². The summed E-state index contributed by atoms with van der Waals surface area (Å²) in [5.74, 6) is -3.16. The van der Waals surface area contributed by atoms with Crippen LogP contribution in [0.3, 0.4) is 0 Å².